The van der Waals surface area contributed by atoms with Gasteiger partial charge in [-0.2, -0.15) is 0 Å². The Morgan fingerprint density at radius 2 is 2.08 bits per heavy atom. The molecule has 0 bridgehead atoms. The number of hydrogen-bond acceptors (Lipinski definition) is 4. The topological polar surface area (TPSA) is 63.6 Å². The standard InChI is InChI=1S/C8H11FO4/c9-13-7(11)6-1-3-8(12,5-10)4-2-6/h5-6,12H,1-4H2. The molecular formula is C8H11FO4. The predicted octanol–water partition coefficient (Wildman–Crippen LogP) is 0.534. The highest BCUT2D eigenvalue weighted by molar-refractivity contribution is 5.72. The van der Waals surface area contributed by atoms with Gasteiger partial charge in [-0.15, -0.1) is 0 Å². The predicted molar refractivity (Wildman–Crippen MR) is 40.2 cm³/mol. The summed E-state index contributed by atoms with van der Waals surface area (Å²) >= 11 is 0. The van der Waals surface area contributed by atoms with Crippen LogP contribution < -0.4 is 0 Å². The van der Waals surface area contributed by atoms with Crippen molar-refractivity contribution in [3.8, 4) is 0 Å². The van der Waals surface area contributed by atoms with Crippen molar-refractivity contribution in [2.45, 2.75) is 31.3 Å². The maximum atomic E-state index is 11.5. The summed E-state index contributed by atoms with van der Waals surface area (Å²) in [5.41, 5.74) is -1.33. The van der Waals surface area contributed by atoms with Crippen molar-refractivity contribution in [2.75, 3.05) is 0 Å². The molecule has 1 aliphatic carbocycles. The molecule has 5 heteroatoms. The summed E-state index contributed by atoms with van der Waals surface area (Å²) in [5, 5.41) is 9.44. The second-order valence-corrected chi connectivity index (χ2v) is 3.39. The van der Waals surface area contributed by atoms with Gasteiger partial charge < -0.3 is 9.90 Å². The molecule has 0 aromatic rings. The van der Waals surface area contributed by atoms with E-state index in [1.54, 1.807) is 0 Å². The largest absolute Gasteiger partial charge is 0.382 e. The van der Waals surface area contributed by atoms with Gasteiger partial charge in [-0.25, -0.2) is 4.79 Å². The zero-order valence-electron chi connectivity index (χ0n) is 7.03. The number of halogens is 1. The minimum Gasteiger partial charge on any atom is -0.382 e. The molecule has 0 amide bonds. The molecule has 0 radical (unpaired) electrons. The lowest BCUT2D eigenvalue weighted by Gasteiger charge is -2.29. The molecule has 1 aliphatic rings. The van der Waals surface area contributed by atoms with Gasteiger partial charge >= 0.3 is 5.97 Å². The number of rotatable bonds is 2. The zero-order valence-corrected chi connectivity index (χ0v) is 7.03. The first-order valence-corrected chi connectivity index (χ1v) is 4.12. The number of carbonyl (C=O) groups excluding carboxylic acids is 2. The third-order valence-electron chi connectivity index (χ3n) is 2.48. The van der Waals surface area contributed by atoms with E-state index in [0.717, 1.165) is 0 Å². The Kier molecular flexibility index (Phi) is 2.98. The smallest absolute Gasteiger partial charge is 0.351 e. The van der Waals surface area contributed by atoms with Gasteiger partial charge in [0.2, 0.25) is 0 Å². The second-order valence-electron chi connectivity index (χ2n) is 3.39. The molecule has 0 atom stereocenters. The Morgan fingerprint density at radius 3 is 2.46 bits per heavy atom. The Bertz CT molecular complexity index is 208. The first-order valence-electron chi connectivity index (χ1n) is 4.12. The van der Waals surface area contributed by atoms with Crippen LogP contribution in [-0.4, -0.2) is 23.0 Å². The molecule has 0 heterocycles. The van der Waals surface area contributed by atoms with Crippen LogP contribution in [-0.2, 0) is 14.5 Å². The Hall–Kier alpha value is -0.970. The van der Waals surface area contributed by atoms with E-state index >= 15 is 0 Å². The first kappa shape index (κ1) is 10.1. The van der Waals surface area contributed by atoms with Crippen LogP contribution in [0.15, 0.2) is 0 Å². The quantitative estimate of drug-likeness (QED) is 0.645. The molecule has 13 heavy (non-hydrogen) atoms. The van der Waals surface area contributed by atoms with E-state index in [1.165, 1.54) is 0 Å². The van der Waals surface area contributed by atoms with Crippen molar-refractivity contribution in [2.24, 2.45) is 5.92 Å². The summed E-state index contributed by atoms with van der Waals surface area (Å²) in [4.78, 5) is 24.2. The fourth-order valence-electron chi connectivity index (χ4n) is 1.53. The van der Waals surface area contributed by atoms with Gasteiger partial charge in [-0.05, 0) is 25.7 Å². The van der Waals surface area contributed by atoms with Crippen LogP contribution in [0.5, 0.6) is 0 Å². The number of carbonyl (C=O) groups is 2. The Balaban J connectivity index is 2.47. The molecule has 1 saturated carbocycles. The highest BCUT2D eigenvalue weighted by Crippen LogP contribution is 2.31. The van der Waals surface area contributed by atoms with E-state index in [1.807, 2.05) is 0 Å². The lowest BCUT2D eigenvalue weighted by Crippen LogP contribution is -2.37. The van der Waals surface area contributed by atoms with Crippen LogP contribution in [0.3, 0.4) is 0 Å². The minimum absolute atomic E-state index is 0.191. The van der Waals surface area contributed by atoms with Crippen molar-refractivity contribution in [1.29, 1.82) is 0 Å². The van der Waals surface area contributed by atoms with Crippen LogP contribution in [0.1, 0.15) is 25.7 Å². The minimum atomic E-state index is -1.33. The fourth-order valence-corrected chi connectivity index (χ4v) is 1.53. The van der Waals surface area contributed by atoms with Crippen molar-refractivity contribution in [3.63, 3.8) is 0 Å². The monoisotopic (exact) mass is 190 g/mol. The maximum absolute atomic E-state index is 11.5. The molecule has 0 saturated heterocycles. The summed E-state index contributed by atoms with van der Waals surface area (Å²) < 4.78 is 11.5. The summed E-state index contributed by atoms with van der Waals surface area (Å²) in [7, 11) is 0. The average Bonchev–Trinajstić information content (AvgIpc) is 2.18. The van der Waals surface area contributed by atoms with Crippen LogP contribution in [0, 0.1) is 5.92 Å². The van der Waals surface area contributed by atoms with E-state index in [2.05, 4.69) is 4.94 Å². The lowest BCUT2D eigenvalue weighted by molar-refractivity contribution is -0.191. The second kappa shape index (κ2) is 3.83. The molecule has 4 nitrogen and oxygen atoms in total. The third-order valence-corrected chi connectivity index (χ3v) is 2.48. The van der Waals surface area contributed by atoms with Crippen molar-refractivity contribution in [1.82, 2.24) is 0 Å². The van der Waals surface area contributed by atoms with Gasteiger partial charge in [0.15, 0.2) is 6.29 Å². The van der Waals surface area contributed by atoms with Gasteiger partial charge in [0.05, 0.1) is 5.92 Å². The molecule has 0 unspecified atom stereocenters. The molecule has 0 spiro atoms. The Morgan fingerprint density at radius 1 is 1.54 bits per heavy atom. The summed E-state index contributed by atoms with van der Waals surface area (Å²) in [5.74, 6) is -1.43. The summed E-state index contributed by atoms with van der Waals surface area (Å²) in [6.07, 6.45) is 1.44. The summed E-state index contributed by atoms with van der Waals surface area (Å²) in [6, 6.07) is 0. The molecule has 0 aromatic carbocycles. The van der Waals surface area contributed by atoms with Gasteiger partial charge in [-0.1, -0.05) is 0 Å². The van der Waals surface area contributed by atoms with E-state index < -0.39 is 17.5 Å². The third kappa shape index (κ3) is 2.24. The molecule has 1 fully saturated rings. The van der Waals surface area contributed by atoms with Crippen LogP contribution in [0.25, 0.3) is 0 Å². The summed E-state index contributed by atoms with van der Waals surface area (Å²) in [6.45, 7) is 0. The van der Waals surface area contributed by atoms with E-state index in [4.69, 9.17) is 0 Å². The maximum Gasteiger partial charge on any atom is 0.351 e. The first-order chi connectivity index (χ1) is 6.11. The number of hydrogen-bond donors (Lipinski definition) is 1. The van der Waals surface area contributed by atoms with E-state index in [-0.39, 0.29) is 25.7 Å². The highest BCUT2D eigenvalue weighted by atomic mass is 19.3. The number of aldehydes is 1. The van der Waals surface area contributed by atoms with E-state index in [0.29, 0.717) is 6.29 Å². The van der Waals surface area contributed by atoms with Crippen molar-refractivity contribution in [3.05, 3.63) is 0 Å². The number of aliphatic hydroxyl groups is 1. The molecule has 0 aromatic heterocycles. The lowest BCUT2D eigenvalue weighted by atomic mass is 9.80. The van der Waals surface area contributed by atoms with Crippen molar-refractivity contribution >= 4 is 12.3 Å². The molecule has 1 rings (SSSR count). The average molecular weight is 190 g/mol. The van der Waals surface area contributed by atoms with E-state index in [9.17, 15) is 19.2 Å². The molecule has 0 aliphatic heterocycles. The van der Waals surface area contributed by atoms with Gasteiger partial charge in [-0.3, -0.25) is 4.94 Å². The molecule has 74 valence electrons. The highest BCUT2D eigenvalue weighted by Gasteiger charge is 2.36. The zero-order chi connectivity index (χ0) is 9.90. The van der Waals surface area contributed by atoms with Gasteiger partial charge in [0.1, 0.15) is 5.60 Å². The molecular weight excluding hydrogens is 179 g/mol. The molecule has 1 N–H and O–H groups in total. The SMILES string of the molecule is O=CC1(O)CCC(C(=O)OF)CC1. The van der Waals surface area contributed by atoms with Crippen molar-refractivity contribution < 1.29 is 24.2 Å². The fraction of sp³-hybridized carbons (Fsp3) is 0.750. The van der Waals surface area contributed by atoms with Gasteiger partial charge in [0, 0.05) is 4.53 Å². The normalized spacial score (nSPS) is 33.8. The van der Waals surface area contributed by atoms with Crippen LogP contribution in [0.4, 0.5) is 4.53 Å². The van der Waals surface area contributed by atoms with Crippen LogP contribution >= 0.6 is 0 Å². The van der Waals surface area contributed by atoms with Crippen LogP contribution in [0.2, 0.25) is 0 Å². The van der Waals surface area contributed by atoms with Gasteiger partial charge in [0.25, 0.3) is 0 Å². The Labute approximate surface area is 74.6 Å².